The van der Waals surface area contributed by atoms with E-state index in [1.807, 2.05) is 0 Å². The van der Waals surface area contributed by atoms with Crippen molar-refractivity contribution < 1.29 is 17.6 Å². The third-order valence-electron chi connectivity index (χ3n) is 2.42. The van der Waals surface area contributed by atoms with Crippen LogP contribution < -0.4 is 10.2 Å². The van der Waals surface area contributed by atoms with Crippen LogP contribution in [0.4, 0.5) is 19.2 Å². The zero-order valence-electron chi connectivity index (χ0n) is 12.0. The van der Waals surface area contributed by atoms with Crippen LogP contribution in [-0.2, 0) is 6.54 Å². The molecule has 1 rings (SSSR count). The lowest BCUT2D eigenvalue weighted by Crippen LogP contribution is -2.35. The molecule has 8 heteroatoms. The molecule has 0 spiro atoms. The number of hydrogen-bond acceptors (Lipinski definition) is 5. The Kier molecular flexibility index (Phi) is 6.25. The highest BCUT2D eigenvalue weighted by Gasteiger charge is 2.32. The quantitative estimate of drug-likeness (QED) is 0.798. The van der Waals surface area contributed by atoms with Crippen molar-refractivity contribution in [3.63, 3.8) is 0 Å². The van der Waals surface area contributed by atoms with Gasteiger partial charge in [0, 0.05) is 6.54 Å². The Hall–Kier alpha value is -1.31. The second-order valence-corrected chi connectivity index (χ2v) is 5.04. The van der Waals surface area contributed by atoms with Gasteiger partial charge in [-0.2, -0.15) is 13.2 Å². The van der Waals surface area contributed by atoms with Gasteiger partial charge >= 0.3 is 12.2 Å². The topological polar surface area (TPSA) is 54.2 Å². The van der Waals surface area contributed by atoms with E-state index in [0.717, 1.165) is 11.4 Å². The molecule has 0 unspecified atom stereocenters. The van der Waals surface area contributed by atoms with Crippen LogP contribution in [0.2, 0.25) is 0 Å². The Morgan fingerprint density at radius 3 is 2.55 bits per heavy atom. The minimum atomic E-state index is -4.29. The largest absolute Gasteiger partial charge is 0.407 e. The zero-order chi connectivity index (χ0) is 15.2. The molecule has 5 nitrogen and oxygen atoms in total. The SMILES string of the molecule is CCCN(CC(F)(F)F)c1nnc(CNCC(C)C)o1. The number of aromatic nitrogens is 2. The Morgan fingerprint density at radius 1 is 1.30 bits per heavy atom. The van der Waals surface area contributed by atoms with Crippen molar-refractivity contribution in [2.24, 2.45) is 5.92 Å². The van der Waals surface area contributed by atoms with Crippen LogP contribution in [0.15, 0.2) is 4.42 Å². The summed E-state index contributed by atoms with van der Waals surface area (Å²) in [6.07, 6.45) is -3.72. The maximum atomic E-state index is 12.5. The Bertz CT molecular complexity index is 392. The Morgan fingerprint density at radius 2 is 2.00 bits per heavy atom. The highest BCUT2D eigenvalue weighted by molar-refractivity contribution is 5.24. The predicted molar refractivity (Wildman–Crippen MR) is 69.4 cm³/mol. The van der Waals surface area contributed by atoms with E-state index in [1.165, 1.54) is 0 Å². The number of hydrogen-bond donors (Lipinski definition) is 1. The molecule has 20 heavy (non-hydrogen) atoms. The van der Waals surface area contributed by atoms with Crippen LogP contribution in [0.25, 0.3) is 0 Å². The van der Waals surface area contributed by atoms with Crippen LogP contribution in [0, 0.1) is 5.92 Å². The molecule has 0 bridgehead atoms. The van der Waals surface area contributed by atoms with Gasteiger partial charge in [0.25, 0.3) is 0 Å². The first-order chi connectivity index (χ1) is 9.31. The van der Waals surface area contributed by atoms with Crippen molar-refractivity contribution in [3.8, 4) is 0 Å². The molecule has 0 aromatic carbocycles. The number of halogens is 3. The van der Waals surface area contributed by atoms with Crippen LogP contribution in [0.1, 0.15) is 33.1 Å². The summed E-state index contributed by atoms with van der Waals surface area (Å²) in [6, 6.07) is -0.0782. The summed E-state index contributed by atoms with van der Waals surface area (Å²) < 4.78 is 42.7. The lowest BCUT2D eigenvalue weighted by molar-refractivity contribution is -0.120. The summed E-state index contributed by atoms with van der Waals surface area (Å²) in [5.74, 6) is 0.767. The molecule has 1 aromatic rings. The highest BCUT2D eigenvalue weighted by Crippen LogP contribution is 2.21. The summed E-state index contributed by atoms with van der Waals surface area (Å²) in [5, 5.41) is 10.5. The molecule has 0 saturated carbocycles. The van der Waals surface area contributed by atoms with E-state index in [1.54, 1.807) is 6.92 Å². The molecule has 0 fully saturated rings. The van der Waals surface area contributed by atoms with Gasteiger partial charge in [0.1, 0.15) is 6.54 Å². The summed E-state index contributed by atoms with van der Waals surface area (Å²) in [7, 11) is 0. The van der Waals surface area contributed by atoms with Gasteiger partial charge in [-0.3, -0.25) is 0 Å². The molecular weight excluding hydrogens is 273 g/mol. The first-order valence-electron chi connectivity index (χ1n) is 6.66. The summed E-state index contributed by atoms with van der Waals surface area (Å²) in [5.41, 5.74) is 0. The molecule has 0 saturated heterocycles. The summed E-state index contributed by atoms with van der Waals surface area (Å²) in [6.45, 7) is 6.18. The van der Waals surface area contributed by atoms with Gasteiger partial charge in [-0.1, -0.05) is 25.9 Å². The monoisotopic (exact) mass is 294 g/mol. The maximum Gasteiger partial charge on any atom is 0.406 e. The van der Waals surface area contributed by atoms with E-state index in [0.29, 0.717) is 24.8 Å². The van der Waals surface area contributed by atoms with Gasteiger partial charge in [-0.05, 0) is 18.9 Å². The van der Waals surface area contributed by atoms with Crippen molar-refractivity contribution in [3.05, 3.63) is 5.89 Å². The molecule has 0 radical (unpaired) electrons. The van der Waals surface area contributed by atoms with E-state index >= 15 is 0 Å². The van der Waals surface area contributed by atoms with Crippen molar-refractivity contribution in [1.82, 2.24) is 15.5 Å². The summed E-state index contributed by atoms with van der Waals surface area (Å²) >= 11 is 0. The number of nitrogens with zero attached hydrogens (tertiary/aromatic N) is 3. The minimum Gasteiger partial charge on any atom is -0.407 e. The first-order valence-corrected chi connectivity index (χ1v) is 6.66. The van der Waals surface area contributed by atoms with Crippen LogP contribution >= 0.6 is 0 Å². The normalized spacial score (nSPS) is 12.2. The average molecular weight is 294 g/mol. The number of alkyl halides is 3. The zero-order valence-corrected chi connectivity index (χ0v) is 12.0. The molecule has 0 aliphatic heterocycles. The van der Waals surface area contributed by atoms with Crippen molar-refractivity contribution in [2.45, 2.75) is 39.9 Å². The molecule has 1 aromatic heterocycles. The maximum absolute atomic E-state index is 12.5. The van der Waals surface area contributed by atoms with Crippen LogP contribution in [0.3, 0.4) is 0 Å². The minimum absolute atomic E-state index is 0.0782. The van der Waals surface area contributed by atoms with Gasteiger partial charge in [0.15, 0.2) is 0 Å². The lowest BCUT2D eigenvalue weighted by atomic mass is 10.2. The number of rotatable bonds is 8. The lowest BCUT2D eigenvalue weighted by Gasteiger charge is -2.20. The van der Waals surface area contributed by atoms with E-state index in [-0.39, 0.29) is 12.6 Å². The number of anilines is 1. The van der Waals surface area contributed by atoms with Crippen molar-refractivity contribution in [1.29, 1.82) is 0 Å². The van der Waals surface area contributed by atoms with Gasteiger partial charge < -0.3 is 14.6 Å². The predicted octanol–water partition coefficient (Wildman–Crippen LogP) is 2.59. The van der Waals surface area contributed by atoms with E-state index in [2.05, 4.69) is 29.4 Å². The number of nitrogens with one attached hydrogen (secondary N) is 1. The van der Waals surface area contributed by atoms with Crippen molar-refractivity contribution >= 4 is 6.01 Å². The average Bonchev–Trinajstić information content (AvgIpc) is 2.75. The van der Waals surface area contributed by atoms with Gasteiger partial charge in [0.05, 0.1) is 6.54 Å². The van der Waals surface area contributed by atoms with Gasteiger partial charge in [-0.15, -0.1) is 5.10 Å². The molecule has 0 amide bonds. The van der Waals surface area contributed by atoms with Gasteiger partial charge in [-0.25, -0.2) is 0 Å². The van der Waals surface area contributed by atoms with Crippen LogP contribution in [0.5, 0.6) is 0 Å². The van der Waals surface area contributed by atoms with E-state index in [9.17, 15) is 13.2 Å². The van der Waals surface area contributed by atoms with Crippen molar-refractivity contribution in [2.75, 3.05) is 24.5 Å². The Labute approximate surface area is 116 Å². The Balaban J connectivity index is 2.61. The molecule has 0 aliphatic carbocycles. The fourth-order valence-corrected chi connectivity index (χ4v) is 1.64. The second-order valence-electron chi connectivity index (χ2n) is 5.04. The molecule has 0 aliphatic rings. The molecule has 116 valence electrons. The van der Waals surface area contributed by atoms with E-state index in [4.69, 9.17) is 4.42 Å². The second kappa shape index (κ2) is 7.47. The molecule has 1 heterocycles. The molecular formula is C12H21F3N4O. The third-order valence-corrected chi connectivity index (χ3v) is 2.42. The third kappa shape index (κ3) is 6.23. The van der Waals surface area contributed by atoms with Crippen LogP contribution in [-0.4, -0.2) is 36.0 Å². The summed E-state index contributed by atoms with van der Waals surface area (Å²) in [4.78, 5) is 1.05. The smallest absolute Gasteiger partial charge is 0.406 e. The van der Waals surface area contributed by atoms with E-state index < -0.39 is 12.7 Å². The fraction of sp³-hybridized carbons (Fsp3) is 0.833. The standard InChI is InChI=1S/C12H21F3N4O/c1-4-5-19(8-12(13,14)15)11-18-17-10(20-11)7-16-6-9(2)3/h9,16H,4-8H2,1-3H3. The first kappa shape index (κ1) is 16.7. The molecule has 0 atom stereocenters. The fourth-order valence-electron chi connectivity index (χ4n) is 1.64. The molecule has 1 N–H and O–H groups in total. The van der Waals surface area contributed by atoms with Gasteiger partial charge in [0.2, 0.25) is 5.89 Å². The highest BCUT2D eigenvalue weighted by atomic mass is 19.4.